The number of anilines is 2. The van der Waals surface area contributed by atoms with E-state index >= 15 is 0 Å². The maximum Gasteiger partial charge on any atom is 0.294 e. The summed E-state index contributed by atoms with van der Waals surface area (Å²) in [6.45, 7) is 2.92. The van der Waals surface area contributed by atoms with Crippen LogP contribution in [0.25, 0.3) is 22.2 Å². The van der Waals surface area contributed by atoms with Crippen molar-refractivity contribution in [2.24, 2.45) is 0 Å². The second-order valence-electron chi connectivity index (χ2n) is 5.93. The number of aryl methyl sites for hydroxylation is 1. The summed E-state index contributed by atoms with van der Waals surface area (Å²) in [4.78, 5) is 12.0. The molecule has 6 nitrogen and oxygen atoms in total. The molecule has 6 heteroatoms. The van der Waals surface area contributed by atoms with Gasteiger partial charge in [-0.3, -0.25) is 4.79 Å². The van der Waals surface area contributed by atoms with Crippen molar-refractivity contribution >= 4 is 28.2 Å². The highest BCUT2D eigenvalue weighted by atomic mass is 16.5. The van der Waals surface area contributed by atoms with Crippen LogP contribution in [-0.4, -0.2) is 15.6 Å². The zero-order chi connectivity index (χ0) is 18.1. The van der Waals surface area contributed by atoms with E-state index in [4.69, 9.17) is 10.3 Å². The molecule has 1 amide bonds. The fourth-order valence-corrected chi connectivity index (χ4v) is 3.21. The standard InChI is InChI=1S/C20H18N4O2/c1-2-24-16-6-4-3-5-15(16)18(21)19(24)13-7-9-14(10-8-13)23-20(25)17-11-12-22-26-17/h3-12H,2,21H2,1H3,(H,23,25). The number of benzene rings is 2. The Kier molecular flexibility index (Phi) is 3.93. The van der Waals surface area contributed by atoms with Crippen LogP contribution in [0.1, 0.15) is 17.5 Å². The Labute approximate surface area is 150 Å². The Hall–Kier alpha value is -3.54. The lowest BCUT2D eigenvalue weighted by atomic mass is 10.1. The number of aromatic nitrogens is 2. The van der Waals surface area contributed by atoms with Crippen LogP contribution in [0.2, 0.25) is 0 Å². The van der Waals surface area contributed by atoms with Crippen LogP contribution >= 0.6 is 0 Å². The summed E-state index contributed by atoms with van der Waals surface area (Å²) in [6, 6.07) is 17.2. The molecule has 0 unspecified atom stereocenters. The summed E-state index contributed by atoms with van der Waals surface area (Å²) in [6.07, 6.45) is 1.43. The number of hydrogen-bond acceptors (Lipinski definition) is 4. The third-order valence-electron chi connectivity index (χ3n) is 4.40. The number of rotatable bonds is 4. The Morgan fingerprint density at radius 1 is 1.15 bits per heavy atom. The molecule has 26 heavy (non-hydrogen) atoms. The van der Waals surface area contributed by atoms with Crippen LogP contribution in [0.4, 0.5) is 11.4 Å². The van der Waals surface area contributed by atoms with E-state index in [2.05, 4.69) is 28.0 Å². The van der Waals surface area contributed by atoms with Gasteiger partial charge < -0.3 is 20.1 Å². The maximum atomic E-state index is 12.0. The molecule has 130 valence electrons. The van der Waals surface area contributed by atoms with Gasteiger partial charge in [-0.1, -0.05) is 35.5 Å². The molecule has 0 aliphatic carbocycles. The molecule has 4 rings (SSSR count). The van der Waals surface area contributed by atoms with E-state index in [9.17, 15) is 4.79 Å². The summed E-state index contributed by atoms with van der Waals surface area (Å²) in [5.41, 5.74) is 11.0. The number of fused-ring (bicyclic) bond motifs is 1. The van der Waals surface area contributed by atoms with Crippen LogP contribution in [0, 0.1) is 0 Å². The average molecular weight is 346 g/mol. The van der Waals surface area contributed by atoms with Crippen molar-refractivity contribution in [2.45, 2.75) is 13.5 Å². The molecule has 0 atom stereocenters. The topological polar surface area (TPSA) is 86.1 Å². The van der Waals surface area contributed by atoms with Crippen LogP contribution in [0.5, 0.6) is 0 Å². The van der Waals surface area contributed by atoms with E-state index < -0.39 is 0 Å². The first-order valence-corrected chi connectivity index (χ1v) is 8.38. The van der Waals surface area contributed by atoms with Gasteiger partial charge >= 0.3 is 0 Å². The first-order chi connectivity index (χ1) is 12.7. The molecule has 0 saturated carbocycles. The Morgan fingerprint density at radius 2 is 1.92 bits per heavy atom. The molecule has 0 bridgehead atoms. The zero-order valence-corrected chi connectivity index (χ0v) is 14.3. The maximum absolute atomic E-state index is 12.0. The first kappa shape index (κ1) is 16.0. The lowest BCUT2D eigenvalue weighted by Gasteiger charge is -2.10. The van der Waals surface area contributed by atoms with Gasteiger partial charge in [0.05, 0.1) is 23.1 Å². The normalized spacial score (nSPS) is 11.0. The predicted octanol–water partition coefficient (Wildman–Crippen LogP) is 4.15. The number of nitrogen functional groups attached to an aromatic ring is 1. The number of nitrogens with one attached hydrogen (secondary N) is 1. The average Bonchev–Trinajstić information content (AvgIpc) is 3.30. The van der Waals surface area contributed by atoms with E-state index in [0.717, 1.165) is 34.4 Å². The number of amides is 1. The van der Waals surface area contributed by atoms with Gasteiger partial charge in [0, 0.05) is 29.2 Å². The van der Waals surface area contributed by atoms with Crippen LogP contribution in [0.3, 0.4) is 0 Å². The molecule has 2 heterocycles. The van der Waals surface area contributed by atoms with Crippen LogP contribution in [0.15, 0.2) is 65.3 Å². The van der Waals surface area contributed by atoms with Gasteiger partial charge in [0.2, 0.25) is 5.76 Å². The van der Waals surface area contributed by atoms with Crippen molar-refractivity contribution in [3.63, 3.8) is 0 Å². The van der Waals surface area contributed by atoms with E-state index in [1.807, 2.05) is 42.5 Å². The predicted molar refractivity (Wildman–Crippen MR) is 102 cm³/mol. The second-order valence-corrected chi connectivity index (χ2v) is 5.93. The van der Waals surface area contributed by atoms with Crippen molar-refractivity contribution in [2.75, 3.05) is 11.1 Å². The largest absolute Gasteiger partial charge is 0.396 e. The van der Waals surface area contributed by atoms with Gasteiger partial charge in [-0.15, -0.1) is 0 Å². The smallest absolute Gasteiger partial charge is 0.294 e. The molecule has 0 fully saturated rings. The van der Waals surface area contributed by atoms with Gasteiger partial charge in [0.25, 0.3) is 5.91 Å². The molecule has 3 N–H and O–H groups in total. The summed E-state index contributed by atoms with van der Waals surface area (Å²) in [5.74, 6) is -0.165. The highest BCUT2D eigenvalue weighted by molar-refractivity contribution is 6.03. The molecule has 0 radical (unpaired) electrons. The van der Waals surface area contributed by atoms with Gasteiger partial charge in [-0.25, -0.2) is 0 Å². The molecule has 0 spiro atoms. The molecule has 0 saturated heterocycles. The number of nitrogens with zero attached hydrogens (tertiary/aromatic N) is 2. The second kappa shape index (κ2) is 6.40. The number of hydrogen-bond donors (Lipinski definition) is 2. The quantitative estimate of drug-likeness (QED) is 0.581. The fourth-order valence-electron chi connectivity index (χ4n) is 3.21. The Balaban J connectivity index is 1.68. The molecule has 0 aliphatic heterocycles. The van der Waals surface area contributed by atoms with E-state index in [0.29, 0.717) is 5.69 Å². The van der Waals surface area contributed by atoms with E-state index in [-0.39, 0.29) is 11.7 Å². The van der Waals surface area contributed by atoms with Crippen LogP contribution in [-0.2, 0) is 6.54 Å². The van der Waals surface area contributed by atoms with Gasteiger partial charge in [0.15, 0.2) is 0 Å². The van der Waals surface area contributed by atoms with Gasteiger partial charge in [0.1, 0.15) is 0 Å². The number of para-hydroxylation sites is 1. The molecule has 0 aliphatic rings. The molecule has 4 aromatic rings. The molecule has 2 aromatic carbocycles. The van der Waals surface area contributed by atoms with Gasteiger partial charge in [-0.05, 0) is 25.1 Å². The van der Waals surface area contributed by atoms with Crippen molar-refractivity contribution in [3.8, 4) is 11.3 Å². The Bertz CT molecular complexity index is 1060. The minimum Gasteiger partial charge on any atom is -0.396 e. The van der Waals surface area contributed by atoms with E-state index in [1.165, 1.54) is 12.3 Å². The van der Waals surface area contributed by atoms with Crippen molar-refractivity contribution in [3.05, 3.63) is 66.6 Å². The van der Waals surface area contributed by atoms with Crippen molar-refractivity contribution in [1.82, 2.24) is 9.72 Å². The lowest BCUT2D eigenvalue weighted by Crippen LogP contribution is -2.10. The third-order valence-corrected chi connectivity index (χ3v) is 4.40. The number of nitrogens with two attached hydrogens (primary N) is 1. The monoisotopic (exact) mass is 346 g/mol. The van der Waals surface area contributed by atoms with Crippen molar-refractivity contribution < 1.29 is 9.32 Å². The van der Waals surface area contributed by atoms with Crippen LogP contribution < -0.4 is 11.1 Å². The lowest BCUT2D eigenvalue weighted by molar-refractivity contribution is 0.0988. The molecule has 2 aromatic heterocycles. The SMILES string of the molecule is CCn1c(-c2ccc(NC(=O)c3ccno3)cc2)c(N)c2ccccc21. The third kappa shape index (κ3) is 2.61. The van der Waals surface area contributed by atoms with Gasteiger partial charge in [-0.2, -0.15) is 0 Å². The summed E-state index contributed by atoms with van der Waals surface area (Å²) >= 11 is 0. The minimum absolute atomic E-state index is 0.171. The summed E-state index contributed by atoms with van der Waals surface area (Å²) < 4.78 is 7.06. The minimum atomic E-state index is -0.336. The Morgan fingerprint density at radius 3 is 2.62 bits per heavy atom. The molecular weight excluding hydrogens is 328 g/mol. The van der Waals surface area contributed by atoms with E-state index in [1.54, 1.807) is 0 Å². The fraction of sp³-hybridized carbons (Fsp3) is 0.100. The summed E-state index contributed by atoms with van der Waals surface area (Å²) in [5, 5.41) is 7.37. The summed E-state index contributed by atoms with van der Waals surface area (Å²) in [7, 11) is 0. The zero-order valence-electron chi connectivity index (χ0n) is 14.3. The number of carbonyl (C=O) groups is 1. The number of carbonyl (C=O) groups excluding carboxylic acids is 1. The molecular formula is C20H18N4O2. The highest BCUT2D eigenvalue weighted by Gasteiger charge is 2.16. The first-order valence-electron chi connectivity index (χ1n) is 8.38. The highest BCUT2D eigenvalue weighted by Crippen LogP contribution is 2.36. The van der Waals surface area contributed by atoms with Crippen molar-refractivity contribution in [1.29, 1.82) is 0 Å².